The zero-order chi connectivity index (χ0) is 19.1. The number of nitrogens with one attached hydrogen (secondary N) is 1. The predicted octanol–water partition coefficient (Wildman–Crippen LogP) is 1.42. The molecule has 2 aromatic carbocycles. The minimum Gasteiger partial charge on any atom is -0.497 e. The summed E-state index contributed by atoms with van der Waals surface area (Å²) in [5.41, 5.74) is 0.903. The molecule has 0 spiro atoms. The summed E-state index contributed by atoms with van der Waals surface area (Å²) in [6, 6.07) is 13.6. The molecular formula is C18H19N3O5. The zero-order valence-corrected chi connectivity index (χ0v) is 14.1. The zero-order valence-electron chi connectivity index (χ0n) is 14.1. The van der Waals surface area contributed by atoms with Gasteiger partial charge in [-0.15, -0.1) is 0 Å². The maximum absolute atomic E-state index is 12.6. The first-order chi connectivity index (χ1) is 12.4. The van der Waals surface area contributed by atoms with E-state index in [-0.39, 0.29) is 12.0 Å². The molecule has 3 amide bonds. The summed E-state index contributed by atoms with van der Waals surface area (Å²) in [5.74, 6) is 4.71. The quantitative estimate of drug-likeness (QED) is 0.408. The fourth-order valence-corrected chi connectivity index (χ4v) is 2.33. The van der Waals surface area contributed by atoms with Crippen LogP contribution in [0, 0.1) is 0 Å². The first-order valence-electron chi connectivity index (χ1n) is 7.72. The summed E-state index contributed by atoms with van der Waals surface area (Å²) in [6.45, 7) is 0. The number of carboxylic acid groups (broad SMARTS) is 1. The largest absolute Gasteiger partial charge is 0.497 e. The van der Waals surface area contributed by atoms with Gasteiger partial charge in [-0.05, 0) is 29.8 Å². The van der Waals surface area contributed by atoms with Crippen LogP contribution >= 0.6 is 0 Å². The molecule has 0 fully saturated rings. The van der Waals surface area contributed by atoms with Gasteiger partial charge in [-0.3, -0.25) is 9.59 Å². The number of rotatable bonds is 6. The number of nitrogens with two attached hydrogens (primary N) is 1. The second-order valence-electron chi connectivity index (χ2n) is 5.43. The minimum atomic E-state index is -1.39. The monoisotopic (exact) mass is 357 g/mol. The summed E-state index contributed by atoms with van der Waals surface area (Å²) in [7, 11) is 1.52. The van der Waals surface area contributed by atoms with E-state index >= 15 is 0 Å². The van der Waals surface area contributed by atoms with Crippen LogP contribution in [0.25, 0.3) is 0 Å². The van der Waals surface area contributed by atoms with Gasteiger partial charge < -0.3 is 15.2 Å². The van der Waals surface area contributed by atoms with Crippen molar-refractivity contribution < 1.29 is 24.2 Å². The molecule has 0 saturated carbocycles. The molecule has 0 bridgehead atoms. The van der Waals surface area contributed by atoms with Crippen molar-refractivity contribution in [3.05, 3.63) is 65.7 Å². The predicted molar refractivity (Wildman–Crippen MR) is 93.5 cm³/mol. The van der Waals surface area contributed by atoms with Gasteiger partial charge in [0.05, 0.1) is 7.11 Å². The fourth-order valence-electron chi connectivity index (χ4n) is 2.33. The minimum absolute atomic E-state index is 0.0326. The maximum atomic E-state index is 12.6. The van der Waals surface area contributed by atoms with Gasteiger partial charge in [-0.2, -0.15) is 0 Å². The van der Waals surface area contributed by atoms with Gasteiger partial charge in [0.25, 0.3) is 11.8 Å². The third-order valence-corrected chi connectivity index (χ3v) is 3.67. The number of imide groups is 1. The van der Waals surface area contributed by atoms with Crippen LogP contribution in [-0.4, -0.2) is 41.2 Å². The van der Waals surface area contributed by atoms with Crippen molar-refractivity contribution in [1.29, 1.82) is 0 Å². The average Bonchev–Trinajstić information content (AvgIpc) is 2.66. The molecule has 0 aliphatic rings. The summed E-state index contributed by atoms with van der Waals surface area (Å²) >= 11 is 0. The Balaban J connectivity index is 2.17. The van der Waals surface area contributed by atoms with Crippen molar-refractivity contribution in [2.24, 2.45) is 5.84 Å². The molecule has 0 aliphatic heterocycles. The molecule has 8 nitrogen and oxygen atoms in total. The number of ether oxygens (including phenoxy) is 1. The first kappa shape index (κ1) is 18.9. The molecule has 0 heterocycles. The van der Waals surface area contributed by atoms with Gasteiger partial charge >= 0.3 is 6.09 Å². The topological polar surface area (TPSA) is 122 Å². The standard InChI is InChI=1S/C18H19N3O5/c1-26-14-9-7-12(8-10-14)11-15(20-18(24)25)17(23)21(19)16(22)13-5-3-2-4-6-13/h2-10,15,20H,11,19H2,1H3,(H,24,25). The van der Waals surface area contributed by atoms with Crippen molar-refractivity contribution in [2.75, 3.05) is 7.11 Å². The van der Waals surface area contributed by atoms with Crippen LogP contribution in [0.4, 0.5) is 4.79 Å². The first-order valence-corrected chi connectivity index (χ1v) is 7.72. The molecule has 1 atom stereocenters. The highest BCUT2D eigenvalue weighted by Gasteiger charge is 2.29. The van der Waals surface area contributed by atoms with E-state index in [1.54, 1.807) is 42.5 Å². The van der Waals surface area contributed by atoms with Crippen molar-refractivity contribution in [3.8, 4) is 5.75 Å². The van der Waals surface area contributed by atoms with E-state index in [1.807, 2.05) is 0 Å². The average molecular weight is 357 g/mol. The molecule has 8 heteroatoms. The Kier molecular flexibility index (Phi) is 6.29. The number of hydrazine groups is 1. The normalized spacial score (nSPS) is 11.3. The number of hydrogen-bond donors (Lipinski definition) is 3. The van der Waals surface area contributed by atoms with Gasteiger partial charge in [0.2, 0.25) is 0 Å². The number of benzene rings is 2. The van der Waals surface area contributed by atoms with E-state index in [2.05, 4.69) is 5.32 Å². The lowest BCUT2D eigenvalue weighted by Crippen LogP contribution is -2.54. The van der Waals surface area contributed by atoms with Crippen LogP contribution in [0.3, 0.4) is 0 Å². The van der Waals surface area contributed by atoms with Gasteiger partial charge in [-0.1, -0.05) is 30.3 Å². The molecule has 136 valence electrons. The molecule has 2 aromatic rings. The number of nitrogens with zero attached hydrogens (tertiary/aromatic N) is 1. The third-order valence-electron chi connectivity index (χ3n) is 3.67. The highest BCUT2D eigenvalue weighted by Crippen LogP contribution is 2.14. The molecule has 4 N–H and O–H groups in total. The van der Waals surface area contributed by atoms with Crippen molar-refractivity contribution in [2.45, 2.75) is 12.5 Å². The summed E-state index contributed by atoms with van der Waals surface area (Å²) in [5, 5.41) is 11.5. The number of carbonyl (C=O) groups excluding carboxylic acids is 2. The number of amides is 3. The van der Waals surface area contributed by atoms with Crippen LogP contribution in [0.15, 0.2) is 54.6 Å². The Morgan fingerprint density at radius 3 is 2.27 bits per heavy atom. The number of methoxy groups -OCH3 is 1. The number of hydrogen-bond acceptors (Lipinski definition) is 5. The lowest BCUT2D eigenvalue weighted by atomic mass is 10.0. The van der Waals surface area contributed by atoms with E-state index in [1.165, 1.54) is 19.2 Å². The Morgan fingerprint density at radius 1 is 1.12 bits per heavy atom. The van der Waals surface area contributed by atoms with E-state index in [4.69, 9.17) is 15.7 Å². The second-order valence-corrected chi connectivity index (χ2v) is 5.43. The SMILES string of the molecule is COc1ccc(CC(NC(=O)O)C(=O)N(N)C(=O)c2ccccc2)cc1. The third kappa shape index (κ3) is 4.81. The lowest BCUT2D eigenvalue weighted by Gasteiger charge is -2.22. The Bertz CT molecular complexity index is 777. The van der Waals surface area contributed by atoms with Gasteiger partial charge in [-0.25, -0.2) is 15.6 Å². The summed E-state index contributed by atoms with van der Waals surface area (Å²) in [4.78, 5) is 35.9. The molecule has 26 heavy (non-hydrogen) atoms. The van der Waals surface area contributed by atoms with Crippen LogP contribution in [0.1, 0.15) is 15.9 Å². The van der Waals surface area contributed by atoms with E-state index in [0.717, 1.165) is 0 Å². The van der Waals surface area contributed by atoms with Crippen molar-refractivity contribution in [3.63, 3.8) is 0 Å². The smallest absolute Gasteiger partial charge is 0.405 e. The molecular weight excluding hydrogens is 338 g/mol. The highest BCUT2D eigenvalue weighted by atomic mass is 16.5. The molecule has 0 saturated heterocycles. The van der Waals surface area contributed by atoms with Crippen LogP contribution < -0.4 is 15.9 Å². The van der Waals surface area contributed by atoms with Crippen LogP contribution in [0.5, 0.6) is 5.75 Å². The fraction of sp³-hybridized carbons (Fsp3) is 0.167. The second kappa shape index (κ2) is 8.63. The molecule has 0 aromatic heterocycles. The summed E-state index contributed by atoms with van der Waals surface area (Å²) in [6.07, 6.45) is -1.36. The Hall–Kier alpha value is -3.39. The van der Waals surface area contributed by atoms with Crippen molar-refractivity contribution in [1.82, 2.24) is 10.3 Å². The Morgan fingerprint density at radius 2 is 1.73 bits per heavy atom. The number of carbonyl (C=O) groups is 3. The lowest BCUT2D eigenvalue weighted by molar-refractivity contribution is -0.130. The summed E-state index contributed by atoms with van der Waals surface area (Å²) < 4.78 is 5.06. The van der Waals surface area contributed by atoms with Crippen LogP contribution in [-0.2, 0) is 11.2 Å². The van der Waals surface area contributed by atoms with E-state index in [9.17, 15) is 14.4 Å². The van der Waals surface area contributed by atoms with Gasteiger partial charge in [0.1, 0.15) is 11.8 Å². The molecule has 0 radical (unpaired) electrons. The molecule has 1 unspecified atom stereocenters. The Labute approximate surface area is 150 Å². The molecule has 0 aliphatic carbocycles. The van der Waals surface area contributed by atoms with Crippen LogP contribution in [0.2, 0.25) is 0 Å². The highest BCUT2D eigenvalue weighted by molar-refractivity contribution is 6.06. The van der Waals surface area contributed by atoms with E-state index < -0.39 is 23.9 Å². The van der Waals surface area contributed by atoms with E-state index in [0.29, 0.717) is 16.3 Å². The van der Waals surface area contributed by atoms with Crippen molar-refractivity contribution >= 4 is 17.9 Å². The molecule has 2 rings (SSSR count). The van der Waals surface area contributed by atoms with Gasteiger partial charge in [0, 0.05) is 12.0 Å². The van der Waals surface area contributed by atoms with Gasteiger partial charge in [0.15, 0.2) is 0 Å². The maximum Gasteiger partial charge on any atom is 0.405 e.